The third-order valence-electron chi connectivity index (χ3n) is 3.77. The van der Waals surface area contributed by atoms with E-state index in [0.29, 0.717) is 13.2 Å². The van der Waals surface area contributed by atoms with Crippen LogP contribution in [0.1, 0.15) is 45.6 Å². The molecule has 0 bridgehead atoms. The van der Waals surface area contributed by atoms with Gasteiger partial charge in [-0.15, -0.1) is 0 Å². The van der Waals surface area contributed by atoms with Crippen molar-refractivity contribution in [2.24, 2.45) is 0 Å². The minimum atomic E-state index is -0.560. The number of carbonyl (C=O) groups excluding carboxylic acids is 1. The second-order valence-electron chi connectivity index (χ2n) is 5.93. The molecule has 1 N–H and O–H groups in total. The summed E-state index contributed by atoms with van der Waals surface area (Å²) < 4.78 is 10.6. The minimum absolute atomic E-state index is 0.0335. The molecule has 0 fully saturated rings. The lowest BCUT2D eigenvalue weighted by Crippen LogP contribution is -2.40. The summed E-state index contributed by atoms with van der Waals surface area (Å²) in [5.41, 5.74) is 0.417. The molecular weight excluding hydrogens is 278 g/mol. The summed E-state index contributed by atoms with van der Waals surface area (Å²) in [6.07, 6.45) is 3.08. The second kappa shape index (κ2) is 9.46. The standard InChI is InChI=1S/C18H29NO3/c1-5-6-13-22-14-7-12-19-17(20)18(2,3)15-8-10-16(21-4)11-9-15/h8-11H,5-7,12-14H2,1-4H3,(H,19,20). The van der Waals surface area contributed by atoms with Crippen LogP contribution in [0.4, 0.5) is 0 Å². The first kappa shape index (κ1) is 18.5. The van der Waals surface area contributed by atoms with E-state index in [0.717, 1.165) is 37.2 Å². The SMILES string of the molecule is CCCCOCCCNC(=O)C(C)(C)c1ccc(OC)cc1. The molecule has 0 unspecified atom stereocenters. The number of hydrogen-bond acceptors (Lipinski definition) is 3. The van der Waals surface area contributed by atoms with Crippen molar-refractivity contribution in [3.05, 3.63) is 29.8 Å². The zero-order valence-corrected chi connectivity index (χ0v) is 14.3. The van der Waals surface area contributed by atoms with Crippen molar-refractivity contribution >= 4 is 5.91 Å². The highest BCUT2D eigenvalue weighted by atomic mass is 16.5. The van der Waals surface area contributed by atoms with Crippen LogP contribution in [0.2, 0.25) is 0 Å². The Kier molecular flexibility index (Phi) is 7.96. The van der Waals surface area contributed by atoms with E-state index in [1.54, 1.807) is 7.11 Å². The smallest absolute Gasteiger partial charge is 0.230 e. The molecule has 1 aromatic rings. The Balaban J connectivity index is 2.38. The van der Waals surface area contributed by atoms with Gasteiger partial charge < -0.3 is 14.8 Å². The molecule has 0 aromatic heterocycles. The third kappa shape index (κ3) is 5.68. The van der Waals surface area contributed by atoms with Crippen molar-refractivity contribution in [3.8, 4) is 5.75 Å². The van der Waals surface area contributed by atoms with Gasteiger partial charge in [0.25, 0.3) is 0 Å². The summed E-state index contributed by atoms with van der Waals surface area (Å²) in [6, 6.07) is 7.64. The van der Waals surface area contributed by atoms with Crippen molar-refractivity contribution in [2.75, 3.05) is 26.9 Å². The van der Waals surface area contributed by atoms with E-state index in [1.165, 1.54) is 0 Å². The largest absolute Gasteiger partial charge is 0.497 e. The molecule has 4 heteroatoms. The van der Waals surface area contributed by atoms with Crippen molar-refractivity contribution in [1.29, 1.82) is 0 Å². The highest BCUT2D eigenvalue weighted by Crippen LogP contribution is 2.25. The van der Waals surface area contributed by atoms with Gasteiger partial charge in [0.2, 0.25) is 5.91 Å². The summed E-state index contributed by atoms with van der Waals surface area (Å²) in [4.78, 5) is 12.4. The Morgan fingerprint density at radius 2 is 1.77 bits per heavy atom. The third-order valence-corrected chi connectivity index (χ3v) is 3.77. The summed E-state index contributed by atoms with van der Waals surface area (Å²) in [6.45, 7) is 8.16. The second-order valence-corrected chi connectivity index (χ2v) is 5.93. The van der Waals surface area contributed by atoms with Gasteiger partial charge in [-0.2, -0.15) is 0 Å². The van der Waals surface area contributed by atoms with Crippen molar-refractivity contribution in [2.45, 2.75) is 45.4 Å². The van der Waals surface area contributed by atoms with Crippen LogP contribution in [0.25, 0.3) is 0 Å². The van der Waals surface area contributed by atoms with E-state index in [1.807, 2.05) is 38.1 Å². The summed E-state index contributed by atoms with van der Waals surface area (Å²) in [5.74, 6) is 0.829. The van der Waals surface area contributed by atoms with Gasteiger partial charge in [-0.05, 0) is 44.4 Å². The molecular formula is C18H29NO3. The Hall–Kier alpha value is -1.55. The lowest BCUT2D eigenvalue weighted by molar-refractivity contribution is -0.125. The van der Waals surface area contributed by atoms with E-state index in [-0.39, 0.29) is 5.91 Å². The van der Waals surface area contributed by atoms with E-state index in [4.69, 9.17) is 9.47 Å². The van der Waals surface area contributed by atoms with Crippen LogP contribution in [0.15, 0.2) is 24.3 Å². The van der Waals surface area contributed by atoms with Gasteiger partial charge in [0.1, 0.15) is 5.75 Å². The van der Waals surface area contributed by atoms with Crippen LogP contribution >= 0.6 is 0 Å². The van der Waals surface area contributed by atoms with Crippen molar-refractivity contribution in [1.82, 2.24) is 5.32 Å². The van der Waals surface area contributed by atoms with E-state index in [9.17, 15) is 4.79 Å². The van der Waals surface area contributed by atoms with Crippen LogP contribution in [-0.4, -0.2) is 32.8 Å². The molecule has 0 atom stereocenters. The number of unbranched alkanes of at least 4 members (excludes halogenated alkanes) is 1. The first-order chi connectivity index (χ1) is 10.5. The Morgan fingerprint density at radius 3 is 2.36 bits per heavy atom. The summed E-state index contributed by atoms with van der Waals surface area (Å²) in [5, 5.41) is 2.99. The number of benzene rings is 1. The molecule has 124 valence electrons. The lowest BCUT2D eigenvalue weighted by atomic mass is 9.83. The van der Waals surface area contributed by atoms with Gasteiger partial charge in [0, 0.05) is 19.8 Å². The molecule has 0 spiro atoms. The van der Waals surface area contributed by atoms with Crippen LogP contribution in [0.3, 0.4) is 0 Å². The fraction of sp³-hybridized carbons (Fsp3) is 0.611. The van der Waals surface area contributed by atoms with Gasteiger partial charge in [0.15, 0.2) is 0 Å². The Labute approximate surface area is 134 Å². The molecule has 0 aliphatic heterocycles. The maximum Gasteiger partial charge on any atom is 0.230 e. The summed E-state index contributed by atoms with van der Waals surface area (Å²) >= 11 is 0. The minimum Gasteiger partial charge on any atom is -0.497 e. The van der Waals surface area contributed by atoms with Crippen molar-refractivity contribution < 1.29 is 14.3 Å². The Morgan fingerprint density at radius 1 is 1.14 bits per heavy atom. The van der Waals surface area contributed by atoms with Gasteiger partial charge >= 0.3 is 0 Å². The number of nitrogens with one attached hydrogen (secondary N) is 1. The average Bonchev–Trinajstić information content (AvgIpc) is 2.53. The zero-order chi connectivity index (χ0) is 16.4. The zero-order valence-electron chi connectivity index (χ0n) is 14.3. The number of carbonyl (C=O) groups is 1. The first-order valence-corrected chi connectivity index (χ1v) is 8.03. The molecule has 4 nitrogen and oxygen atoms in total. The molecule has 1 amide bonds. The molecule has 0 saturated carbocycles. The lowest BCUT2D eigenvalue weighted by Gasteiger charge is -2.24. The normalized spacial score (nSPS) is 11.3. The van der Waals surface area contributed by atoms with Crippen LogP contribution in [-0.2, 0) is 14.9 Å². The van der Waals surface area contributed by atoms with Gasteiger partial charge in [-0.1, -0.05) is 25.5 Å². The van der Waals surface area contributed by atoms with Crippen LogP contribution in [0.5, 0.6) is 5.75 Å². The molecule has 0 radical (unpaired) electrons. The predicted molar refractivity (Wildman–Crippen MR) is 89.4 cm³/mol. The molecule has 1 rings (SSSR count). The fourth-order valence-electron chi connectivity index (χ4n) is 2.08. The van der Waals surface area contributed by atoms with E-state index in [2.05, 4.69) is 12.2 Å². The molecule has 0 aliphatic rings. The maximum atomic E-state index is 12.4. The maximum absolute atomic E-state index is 12.4. The number of hydrogen-bond donors (Lipinski definition) is 1. The van der Waals surface area contributed by atoms with Gasteiger partial charge in [-0.25, -0.2) is 0 Å². The van der Waals surface area contributed by atoms with E-state index < -0.39 is 5.41 Å². The quantitative estimate of drug-likeness (QED) is 0.675. The first-order valence-electron chi connectivity index (χ1n) is 8.03. The topological polar surface area (TPSA) is 47.6 Å². The molecule has 1 aromatic carbocycles. The van der Waals surface area contributed by atoms with Crippen LogP contribution in [0, 0.1) is 0 Å². The van der Waals surface area contributed by atoms with E-state index >= 15 is 0 Å². The predicted octanol–water partition coefficient (Wildman–Crippen LogP) is 3.30. The number of ether oxygens (including phenoxy) is 2. The number of methoxy groups -OCH3 is 1. The molecule has 22 heavy (non-hydrogen) atoms. The van der Waals surface area contributed by atoms with Crippen LogP contribution < -0.4 is 10.1 Å². The van der Waals surface area contributed by atoms with Gasteiger partial charge in [-0.3, -0.25) is 4.79 Å². The monoisotopic (exact) mass is 307 g/mol. The van der Waals surface area contributed by atoms with Gasteiger partial charge in [0.05, 0.1) is 12.5 Å². The highest BCUT2D eigenvalue weighted by Gasteiger charge is 2.29. The molecule has 0 saturated heterocycles. The summed E-state index contributed by atoms with van der Waals surface area (Å²) in [7, 11) is 1.63. The fourth-order valence-corrected chi connectivity index (χ4v) is 2.08. The Bertz CT molecular complexity index is 440. The highest BCUT2D eigenvalue weighted by molar-refractivity contribution is 5.87. The number of amides is 1. The number of rotatable bonds is 10. The molecule has 0 heterocycles. The average molecular weight is 307 g/mol. The molecule has 0 aliphatic carbocycles. The van der Waals surface area contributed by atoms with Crippen molar-refractivity contribution in [3.63, 3.8) is 0 Å².